The highest BCUT2D eigenvalue weighted by Crippen LogP contribution is 2.31. The smallest absolute Gasteiger partial charge is 0.167 e. The number of aromatic amines is 1. The number of nitrogens with zero attached hydrogens (tertiary/aromatic N) is 1. The van der Waals surface area contributed by atoms with E-state index in [9.17, 15) is 0 Å². The van der Waals surface area contributed by atoms with Crippen molar-refractivity contribution in [2.45, 2.75) is 13.8 Å². The summed E-state index contributed by atoms with van der Waals surface area (Å²) >= 11 is 0. The molecule has 15 heavy (non-hydrogen) atoms. The van der Waals surface area contributed by atoms with Gasteiger partial charge in [-0.25, -0.2) is 0 Å². The molecular formula is C12H14N2O. The van der Waals surface area contributed by atoms with Gasteiger partial charge in [0.25, 0.3) is 0 Å². The maximum absolute atomic E-state index is 5.33. The summed E-state index contributed by atoms with van der Waals surface area (Å²) in [6.45, 7) is 4.02. The minimum Gasteiger partial charge on any atom is -0.493 e. The molecule has 0 aliphatic rings. The number of aryl methyl sites for hydroxylation is 2. The molecule has 2 aromatic rings. The van der Waals surface area contributed by atoms with Crippen molar-refractivity contribution < 1.29 is 4.74 Å². The molecule has 0 unspecified atom stereocenters. The zero-order valence-corrected chi connectivity index (χ0v) is 9.16. The third kappa shape index (κ3) is 1.61. The molecule has 0 aliphatic heterocycles. The first-order chi connectivity index (χ1) is 7.24. The topological polar surface area (TPSA) is 37.9 Å². The van der Waals surface area contributed by atoms with Crippen LogP contribution in [0.15, 0.2) is 24.3 Å². The highest BCUT2D eigenvalue weighted by atomic mass is 16.5. The van der Waals surface area contributed by atoms with E-state index in [1.165, 1.54) is 5.56 Å². The van der Waals surface area contributed by atoms with Crippen LogP contribution in [0.2, 0.25) is 0 Å². The summed E-state index contributed by atoms with van der Waals surface area (Å²) in [4.78, 5) is 0. The number of H-pyrrole nitrogens is 1. The molecule has 0 spiro atoms. The quantitative estimate of drug-likeness (QED) is 0.813. The fourth-order valence-corrected chi connectivity index (χ4v) is 1.69. The van der Waals surface area contributed by atoms with Gasteiger partial charge in [-0.2, -0.15) is 5.10 Å². The first-order valence-corrected chi connectivity index (χ1v) is 4.89. The molecule has 0 aliphatic carbocycles. The molecule has 0 bridgehead atoms. The molecule has 1 heterocycles. The van der Waals surface area contributed by atoms with Gasteiger partial charge >= 0.3 is 0 Å². The standard InChI is InChI=1S/C12H14N2O/c1-8-6-4-5-7-10(8)11-12(15-3)9(2)13-14-11/h4-7H,1-3H3,(H,13,14). The van der Waals surface area contributed by atoms with Crippen molar-refractivity contribution in [2.75, 3.05) is 7.11 Å². The van der Waals surface area contributed by atoms with Crippen molar-refractivity contribution in [3.8, 4) is 17.0 Å². The Morgan fingerprint density at radius 2 is 1.93 bits per heavy atom. The van der Waals surface area contributed by atoms with Gasteiger partial charge in [0, 0.05) is 5.56 Å². The molecule has 0 saturated carbocycles. The molecule has 3 heteroatoms. The Hall–Kier alpha value is -1.77. The minimum atomic E-state index is 0.823. The molecule has 0 radical (unpaired) electrons. The largest absolute Gasteiger partial charge is 0.493 e. The number of nitrogens with one attached hydrogen (secondary N) is 1. The highest BCUT2D eigenvalue weighted by molar-refractivity contribution is 5.70. The van der Waals surface area contributed by atoms with Crippen molar-refractivity contribution in [1.29, 1.82) is 0 Å². The van der Waals surface area contributed by atoms with Crippen molar-refractivity contribution in [3.05, 3.63) is 35.5 Å². The summed E-state index contributed by atoms with van der Waals surface area (Å²) in [5.74, 6) is 0.823. The Bertz CT molecular complexity index is 474. The normalized spacial score (nSPS) is 10.3. The Morgan fingerprint density at radius 3 is 2.60 bits per heavy atom. The van der Waals surface area contributed by atoms with Crippen LogP contribution in [0.25, 0.3) is 11.3 Å². The van der Waals surface area contributed by atoms with E-state index in [0.29, 0.717) is 0 Å². The van der Waals surface area contributed by atoms with Crippen molar-refractivity contribution in [3.63, 3.8) is 0 Å². The summed E-state index contributed by atoms with van der Waals surface area (Å²) < 4.78 is 5.33. The molecule has 1 N–H and O–H groups in total. The Labute approximate surface area is 89.1 Å². The van der Waals surface area contributed by atoms with E-state index >= 15 is 0 Å². The van der Waals surface area contributed by atoms with E-state index in [1.807, 2.05) is 25.1 Å². The van der Waals surface area contributed by atoms with Crippen molar-refractivity contribution in [1.82, 2.24) is 10.2 Å². The zero-order chi connectivity index (χ0) is 10.8. The van der Waals surface area contributed by atoms with E-state index in [4.69, 9.17) is 4.74 Å². The molecule has 0 fully saturated rings. The van der Waals surface area contributed by atoms with Gasteiger partial charge in [-0.15, -0.1) is 0 Å². The van der Waals surface area contributed by atoms with Crippen LogP contribution in [0, 0.1) is 13.8 Å². The number of ether oxygens (including phenoxy) is 1. The first-order valence-electron chi connectivity index (χ1n) is 4.89. The van der Waals surface area contributed by atoms with Crippen LogP contribution in [0.5, 0.6) is 5.75 Å². The lowest BCUT2D eigenvalue weighted by Crippen LogP contribution is -1.88. The average Bonchev–Trinajstić information content (AvgIpc) is 2.60. The maximum atomic E-state index is 5.33. The lowest BCUT2D eigenvalue weighted by atomic mass is 10.1. The monoisotopic (exact) mass is 202 g/mol. The molecule has 1 aromatic carbocycles. The molecule has 1 aromatic heterocycles. The minimum absolute atomic E-state index is 0.823. The molecular weight excluding hydrogens is 188 g/mol. The van der Waals surface area contributed by atoms with Crippen molar-refractivity contribution in [2.24, 2.45) is 0 Å². The molecule has 78 valence electrons. The third-order valence-corrected chi connectivity index (χ3v) is 2.50. The molecule has 2 rings (SSSR count). The Balaban J connectivity index is 2.59. The summed E-state index contributed by atoms with van der Waals surface area (Å²) in [7, 11) is 1.67. The molecule has 0 amide bonds. The number of hydrogen-bond donors (Lipinski definition) is 1. The van der Waals surface area contributed by atoms with Gasteiger partial charge in [-0.3, -0.25) is 5.10 Å². The number of methoxy groups -OCH3 is 1. The van der Waals surface area contributed by atoms with Gasteiger partial charge in [0.05, 0.1) is 12.8 Å². The first kappa shape index (κ1) is 9.77. The fraction of sp³-hybridized carbons (Fsp3) is 0.250. The summed E-state index contributed by atoms with van der Waals surface area (Å²) in [6, 6.07) is 8.14. The van der Waals surface area contributed by atoms with E-state index in [0.717, 1.165) is 22.7 Å². The summed E-state index contributed by atoms with van der Waals surface area (Å²) in [6.07, 6.45) is 0. The predicted octanol–water partition coefficient (Wildman–Crippen LogP) is 2.70. The highest BCUT2D eigenvalue weighted by Gasteiger charge is 2.13. The van der Waals surface area contributed by atoms with Gasteiger partial charge in [-0.05, 0) is 19.4 Å². The van der Waals surface area contributed by atoms with E-state index in [-0.39, 0.29) is 0 Å². The number of aromatic nitrogens is 2. The van der Waals surface area contributed by atoms with E-state index < -0.39 is 0 Å². The van der Waals surface area contributed by atoms with Gasteiger partial charge in [0.2, 0.25) is 0 Å². The van der Waals surface area contributed by atoms with Crippen LogP contribution >= 0.6 is 0 Å². The summed E-state index contributed by atoms with van der Waals surface area (Å²) in [5.41, 5.74) is 4.14. The van der Waals surface area contributed by atoms with Crippen LogP contribution in [0.4, 0.5) is 0 Å². The second kappa shape index (κ2) is 3.77. The van der Waals surface area contributed by atoms with E-state index in [1.54, 1.807) is 7.11 Å². The van der Waals surface area contributed by atoms with Crippen LogP contribution in [0.3, 0.4) is 0 Å². The van der Waals surface area contributed by atoms with Crippen LogP contribution in [-0.4, -0.2) is 17.3 Å². The van der Waals surface area contributed by atoms with Crippen molar-refractivity contribution >= 4 is 0 Å². The van der Waals surface area contributed by atoms with Crippen LogP contribution in [0.1, 0.15) is 11.3 Å². The molecule has 0 atom stereocenters. The Kier molecular flexibility index (Phi) is 2.46. The second-order valence-corrected chi connectivity index (χ2v) is 3.55. The third-order valence-electron chi connectivity index (χ3n) is 2.50. The van der Waals surface area contributed by atoms with Gasteiger partial charge < -0.3 is 4.74 Å². The van der Waals surface area contributed by atoms with Gasteiger partial charge in [-0.1, -0.05) is 24.3 Å². The Morgan fingerprint density at radius 1 is 1.20 bits per heavy atom. The SMILES string of the molecule is COc1c(-c2ccccc2C)n[nH]c1C. The lowest BCUT2D eigenvalue weighted by Gasteiger charge is -2.04. The van der Waals surface area contributed by atoms with E-state index in [2.05, 4.69) is 23.2 Å². The second-order valence-electron chi connectivity index (χ2n) is 3.55. The van der Waals surface area contributed by atoms with Gasteiger partial charge in [0.15, 0.2) is 5.75 Å². The average molecular weight is 202 g/mol. The predicted molar refractivity (Wildman–Crippen MR) is 60.0 cm³/mol. The number of rotatable bonds is 2. The maximum Gasteiger partial charge on any atom is 0.167 e. The summed E-state index contributed by atoms with van der Waals surface area (Å²) in [5, 5.41) is 7.21. The van der Waals surface area contributed by atoms with Crippen LogP contribution < -0.4 is 4.74 Å². The molecule has 0 saturated heterocycles. The number of benzene rings is 1. The molecule has 3 nitrogen and oxygen atoms in total. The lowest BCUT2D eigenvalue weighted by molar-refractivity contribution is 0.413. The zero-order valence-electron chi connectivity index (χ0n) is 9.16. The van der Waals surface area contributed by atoms with Gasteiger partial charge in [0.1, 0.15) is 5.69 Å². The fourth-order valence-electron chi connectivity index (χ4n) is 1.69. The number of hydrogen-bond acceptors (Lipinski definition) is 2. The van der Waals surface area contributed by atoms with Crippen LogP contribution in [-0.2, 0) is 0 Å².